The lowest BCUT2D eigenvalue weighted by atomic mass is 10.2. The molecule has 3 rings (SSSR count). The molecule has 5 N–H and O–H groups in total. The van der Waals surface area contributed by atoms with Crippen LogP contribution in [0.1, 0.15) is 17.0 Å². The molecule has 2 aromatic carbocycles. The molecule has 0 aliphatic heterocycles. The molecule has 0 atom stereocenters. The van der Waals surface area contributed by atoms with E-state index in [4.69, 9.17) is 11.1 Å². The first-order valence-corrected chi connectivity index (χ1v) is 6.75. The van der Waals surface area contributed by atoms with Gasteiger partial charge in [-0.2, -0.15) is 0 Å². The predicted octanol–water partition coefficient (Wildman–Crippen LogP) is 2.77. The van der Waals surface area contributed by atoms with Crippen LogP contribution in [0, 0.1) is 12.3 Å². The van der Waals surface area contributed by atoms with Gasteiger partial charge < -0.3 is 16.0 Å². The van der Waals surface area contributed by atoms with Crippen LogP contribution in [0.4, 0.5) is 5.69 Å². The van der Waals surface area contributed by atoms with E-state index in [0.717, 1.165) is 28.1 Å². The van der Waals surface area contributed by atoms with Gasteiger partial charge >= 0.3 is 0 Å². The molecular weight excluding hydrogens is 262 g/mol. The molecule has 1 heterocycles. The summed E-state index contributed by atoms with van der Waals surface area (Å²) >= 11 is 0. The summed E-state index contributed by atoms with van der Waals surface area (Å²) in [5.41, 5.74) is 10.4. The number of anilines is 1. The number of nitrogens with two attached hydrogens (primary N) is 1. The van der Waals surface area contributed by atoms with Crippen molar-refractivity contribution < 1.29 is 0 Å². The summed E-state index contributed by atoms with van der Waals surface area (Å²) in [7, 11) is 0. The first-order valence-electron chi connectivity index (χ1n) is 6.75. The molecule has 21 heavy (non-hydrogen) atoms. The topological polar surface area (TPSA) is 90.6 Å². The number of H-pyrrole nitrogens is 1. The van der Waals surface area contributed by atoms with E-state index >= 15 is 0 Å². The largest absolute Gasteiger partial charge is 0.384 e. The molecule has 1 aromatic heterocycles. The Labute approximate surface area is 122 Å². The average molecular weight is 279 g/mol. The number of fused-ring (bicyclic) bond motifs is 1. The van der Waals surface area contributed by atoms with Crippen LogP contribution in [0.5, 0.6) is 0 Å². The van der Waals surface area contributed by atoms with Gasteiger partial charge in [0.1, 0.15) is 11.7 Å². The van der Waals surface area contributed by atoms with Crippen LogP contribution in [0.25, 0.3) is 11.0 Å². The van der Waals surface area contributed by atoms with Crippen molar-refractivity contribution in [2.75, 3.05) is 5.32 Å². The molecule has 0 saturated carbocycles. The lowest BCUT2D eigenvalue weighted by Gasteiger charge is -2.05. The smallest absolute Gasteiger partial charge is 0.126 e. The van der Waals surface area contributed by atoms with Gasteiger partial charge in [0.2, 0.25) is 0 Å². The first-order chi connectivity index (χ1) is 10.1. The number of aromatic amines is 1. The zero-order valence-corrected chi connectivity index (χ0v) is 11.8. The van der Waals surface area contributed by atoms with Gasteiger partial charge in [-0.1, -0.05) is 6.07 Å². The number of imidazole rings is 1. The third-order valence-electron chi connectivity index (χ3n) is 3.34. The summed E-state index contributed by atoms with van der Waals surface area (Å²) in [5, 5.41) is 10.7. The predicted molar refractivity (Wildman–Crippen MR) is 85.6 cm³/mol. The molecule has 0 aliphatic rings. The monoisotopic (exact) mass is 279 g/mol. The van der Waals surface area contributed by atoms with Crippen molar-refractivity contribution in [1.29, 1.82) is 5.41 Å². The van der Waals surface area contributed by atoms with Crippen molar-refractivity contribution in [1.82, 2.24) is 9.97 Å². The molecule has 0 fully saturated rings. The minimum absolute atomic E-state index is 0.0780. The van der Waals surface area contributed by atoms with E-state index in [1.165, 1.54) is 5.56 Å². The molecule has 5 heteroatoms. The van der Waals surface area contributed by atoms with Crippen molar-refractivity contribution in [3.8, 4) is 0 Å². The van der Waals surface area contributed by atoms with Crippen LogP contribution in [-0.2, 0) is 6.54 Å². The van der Waals surface area contributed by atoms with Crippen molar-refractivity contribution in [3.05, 3.63) is 59.4 Å². The molecule has 0 spiro atoms. The van der Waals surface area contributed by atoms with Crippen LogP contribution in [-0.4, -0.2) is 15.8 Å². The Bertz CT molecular complexity index is 786. The van der Waals surface area contributed by atoms with E-state index in [0.29, 0.717) is 6.54 Å². The quantitative estimate of drug-likeness (QED) is 0.437. The van der Waals surface area contributed by atoms with E-state index in [2.05, 4.69) is 34.3 Å². The second kappa shape index (κ2) is 5.28. The third-order valence-corrected chi connectivity index (χ3v) is 3.34. The Balaban J connectivity index is 1.72. The minimum atomic E-state index is 0.0780. The van der Waals surface area contributed by atoms with Gasteiger partial charge in [-0.3, -0.25) is 5.41 Å². The molecule has 0 saturated heterocycles. The number of nitrogen functional groups attached to an aromatic ring is 1. The number of amidine groups is 1. The van der Waals surface area contributed by atoms with Gasteiger partial charge in [0, 0.05) is 11.3 Å². The summed E-state index contributed by atoms with van der Waals surface area (Å²) in [6.07, 6.45) is 0. The van der Waals surface area contributed by atoms with E-state index < -0.39 is 0 Å². The van der Waals surface area contributed by atoms with Gasteiger partial charge in [0.05, 0.1) is 17.6 Å². The van der Waals surface area contributed by atoms with Gasteiger partial charge in [-0.15, -0.1) is 0 Å². The lowest BCUT2D eigenvalue weighted by Crippen LogP contribution is -2.10. The number of hydrogen-bond acceptors (Lipinski definition) is 3. The number of nitrogens with one attached hydrogen (secondary N) is 3. The average Bonchev–Trinajstić information content (AvgIpc) is 2.87. The van der Waals surface area contributed by atoms with Crippen molar-refractivity contribution in [2.24, 2.45) is 5.73 Å². The molecule has 106 valence electrons. The van der Waals surface area contributed by atoms with Gasteiger partial charge in [-0.25, -0.2) is 4.98 Å². The zero-order chi connectivity index (χ0) is 14.8. The molecule has 0 aliphatic carbocycles. The van der Waals surface area contributed by atoms with E-state index in [-0.39, 0.29) is 5.84 Å². The number of hydrogen-bond donors (Lipinski definition) is 4. The van der Waals surface area contributed by atoms with E-state index in [9.17, 15) is 0 Å². The van der Waals surface area contributed by atoms with Crippen molar-refractivity contribution in [3.63, 3.8) is 0 Å². The Morgan fingerprint density at radius 1 is 1.24 bits per heavy atom. The van der Waals surface area contributed by atoms with Crippen LogP contribution < -0.4 is 11.1 Å². The molecule has 0 bridgehead atoms. The van der Waals surface area contributed by atoms with Gasteiger partial charge in [0.25, 0.3) is 0 Å². The molecule has 3 aromatic rings. The van der Waals surface area contributed by atoms with Crippen LogP contribution in [0.3, 0.4) is 0 Å². The van der Waals surface area contributed by atoms with E-state index in [1.54, 1.807) is 0 Å². The Hall–Kier alpha value is -2.82. The highest BCUT2D eigenvalue weighted by atomic mass is 15.0. The number of aromatic nitrogens is 2. The molecule has 0 unspecified atom stereocenters. The molecule has 5 nitrogen and oxygen atoms in total. The zero-order valence-electron chi connectivity index (χ0n) is 11.8. The van der Waals surface area contributed by atoms with Gasteiger partial charge in [-0.05, 0) is 48.9 Å². The second-order valence-corrected chi connectivity index (χ2v) is 5.05. The SMILES string of the molecule is Cc1ccc2nc(CNc3ccc(C(=N)N)cc3)[nH]c2c1. The summed E-state index contributed by atoms with van der Waals surface area (Å²) in [5.74, 6) is 0.973. The number of nitrogens with zero attached hydrogens (tertiary/aromatic N) is 1. The Morgan fingerprint density at radius 2 is 2.00 bits per heavy atom. The standard InChI is InChI=1S/C16H17N5/c1-10-2-7-13-14(8-10)21-15(20-13)9-19-12-5-3-11(4-6-12)16(17)18/h2-8,19H,9H2,1H3,(H3,17,18)(H,20,21). The Morgan fingerprint density at radius 3 is 2.71 bits per heavy atom. The fourth-order valence-electron chi connectivity index (χ4n) is 2.21. The number of benzene rings is 2. The second-order valence-electron chi connectivity index (χ2n) is 5.05. The number of aryl methyl sites for hydroxylation is 1. The molecular formula is C16H17N5. The van der Waals surface area contributed by atoms with Crippen LogP contribution in [0.15, 0.2) is 42.5 Å². The molecule has 0 radical (unpaired) electrons. The maximum Gasteiger partial charge on any atom is 0.126 e. The van der Waals surface area contributed by atoms with Crippen molar-refractivity contribution in [2.45, 2.75) is 13.5 Å². The van der Waals surface area contributed by atoms with E-state index in [1.807, 2.05) is 30.3 Å². The summed E-state index contributed by atoms with van der Waals surface area (Å²) < 4.78 is 0. The normalized spacial score (nSPS) is 10.7. The lowest BCUT2D eigenvalue weighted by molar-refractivity contribution is 1.01. The summed E-state index contributed by atoms with van der Waals surface area (Å²) in [4.78, 5) is 7.85. The first kappa shape index (κ1) is 13.2. The fraction of sp³-hybridized carbons (Fsp3) is 0.125. The van der Waals surface area contributed by atoms with Crippen LogP contribution in [0.2, 0.25) is 0 Å². The number of rotatable bonds is 4. The molecule has 0 amide bonds. The highest BCUT2D eigenvalue weighted by Crippen LogP contribution is 2.15. The van der Waals surface area contributed by atoms with Gasteiger partial charge in [0.15, 0.2) is 0 Å². The highest BCUT2D eigenvalue weighted by molar-refractivity contribution is 5.95. The van der Waals surface area contributed by atoms with Crippen LogP contribution >= 0.6 is 0 Å². The maximum absolute atomic E-state index is 7.36. The van der Waals surface area contributed by atoms with Crippen molar-refractivity contribution >= 4 is 22.6 Å². The maximum atomic E-state index is 7.36. The Kier molecular flexibility index (Phi) is 3.31. The third kappa shape index (κ3) is 2.86. The highest BCUT2D eigenvalue weighted by Gasteiger charge is 2.03. The summed E-state index contributed by atoms with van der Waals surface area (Å²) in [6.45, 7) is 2.68. The minimum Gasteiger partial charge on any atom is -0.384 e. The fourth-order valence-corrected chi connectivity index (χ4v) is 2.21. The summed E-state index contributed by atoms with van der Waals surface area (Å²) in [6, 6.07) is 13.6.